The van der Waals surface area contributed by atoms with Gasteiger partial charge in [0.2, 0.25) is 5.91 Å². The number of nitrogens with zero attached hydrogens (tertiary/aromatic N) is 2. The highest BCUT2D eigenvalue weighted by Crippen LogP contribution is 2.31. The first-order chi connectivity index (χ1) is 13.5. The molecule has 0 saturated carbocycles. The maximum atomic E-state index is 12.0. The lowest BCUT2D eigenvalue weighted by molar-refractivity contribution is -0.127. The number of hydrogen-bond acceptors (Lipinski definition) is 3. The van der Waals surface area contributed by atoms with Crippen molar-refractivity contribution >= 4 is 35.8 Å². The highest BCUT2D eigenvalue weighted by Gasteiger charge is 2.22. The fourth-order valence-corrected chi connectivity index (χ4v) is 3.11. The van der Waals surface area contributed by atoms with Crippen molar-refractivity contribution < 1.29 is 9.53 Å². The van der Waals surface area contributed by atoms with E-state index in [1.54, 1.807) is 19.0 Å². The van der Waals surface area contributed by atoms with E-state index >= 15 is 0 Å². The van der Waals surface area contributed by atoms with Crippen LogP contribution in [0.1, 0.15) is 29.2 Å². The number of amides is 1. The number of para-hydroxylation sites is 1. The van der Waals surface area contributed by atoms with E-state index in [4.69, 9.17) is 9.73 Å². The van der Waals surface area contributed by atoms with Gasteiger partial charge in [-0.05, 0) is 18.6 Å². The maximum Gasteiger partial charge on any atom is 0.241 e. The number of ether oxygens (including phenoxy) is 1. The Hall–Kier alpha value is -2.29. The Morgan fingerprint density at radius 2 is 2.00 bits per heavy atom. The summed E-state index contributed by atoms with van der Waals surface area (Å²) in [5, 5.41) is 6.65. The summed E-state index contributed by atoms with van der Waals surface area (Å²) in [5.74, 6) is 1.52. The average Bonchev–Trinajstić information content (AvgIpc) is 2.70. The molecule has 1 unspecified atom stereocenters. The predicted octanol–water partition coefficient (Wildman–Crippen LogP) is 3.26. The molecule has 1 aliphatic heterocycles. The minimum atomic E-state index is -0.00238. The van der Waals surface area contributed by atoms with Crippen LogP contribution in [-0.4, -0.2) is 44.0 Å². The summed E-state index contributed by atoms with van der Waals surface area (Å²) in [7, 11) is 3.49. The molecule has 29 heavy (non-hydrogen) atoms. The molecule has 156 valence electrons. The van der Waals surface area contributed by atoms with Crippen molar-refractivity contribution in [3.63, 3.8) is 0 Å². The lowest BCUT2D eigenvalue weighted by atomic mass is 10.0. The second-order valence-electron chi connectivity index (χ2n) is 7.17. The predicted molar refractivity (Wildman–Crippen MR) is 127 cm³/mol. The van der Waals surface area contributed by atoms with Gasteiger partial charge in [-0.1, -0.05) is 48.0 Å². The van der Waals surface area contributed by atoms with E-state index in [1.807, 2.05) is 24.3 Å². The van der Waals surface area contributed by atoms with Crippen molar-refractivity contribution in [3.8, 4) is 5.75 Å². The highest BCUT2D eigenvalue weighted by atomic mass is 127. The molecule has 0 saturated heterocycles. The second-order valence-corrected chi connectivity index (χ2v) is 7.17. The van der Waals surface area contributed by atoms with E-state index in [1.165, 1.54) is 5.56 Å². The normalized spacial score (nSPS) is 15.4. The molecular formula is C22H29IN4O2. The monoisotopic (exact) mass is 508 g/mol. The summed E-state index contributed by atoms with van der Waals surface area (Å²) in [6.45, 7) is 3.45. The van der Waals surface area contributed by atoms with Crippen LogP contribution in [0.25, 0.3) is 0 Å². The molecule has 1 amide bonds. The Morgan fingerprint density at radius 3 is 2.76 bits per heavy atom. The lowest BCUT2D eigenvalue weighted by Gasteiger charge is -2.28. The summed E-state index contributed by atoms with van der Waals surface area (Å²) in [4.78, 5) is 18.3. The third-order valence-electron chi connectivity index (χ3n) is 4.68. The van der Waals surface area contributed by atoms with Crippen LogP contribution in [0.15, 0.2) is 53.5 Å². The van der Waals surface area contributed by atoms with Crippen LogP contribution < -0.4 is 15.4 Å². The average molecular weight is 508 g/mol. The molecule has 1 aliphatic rings. The van der Waals surface area contributed by atoms with Gasteiger partial charge in [0.25, 0.3) is 0 Å². The number of likely N-dealkylation sites (N-methyl/N-ethyl adjacent to an activating group) is 1. The summed E-state index contributed by atoms with van der Waals surface area (Å²) in [6, 6.07) is 16.4. The number of aliphatic imine (C=N–C) groups is 1. The number of nitrogens with one attached hydrogen (secondary N) is 2. The largest absolute Gasteiger partial charge is 0.493 e. The number of benzene rings is 2. The van der Waals surface area contributed by atoms with Crippen LogP contribution >= 0.6 is 24.0 Å². The van der Waals surface area contributed by atoms with Crippen molar-refractivity contribution in [3.05, 3.63) is 65.2 Å². The Bertz CT molecular complexity index is 854. The smallest absolute Gasteiger partial charge is 0.241 e. The van der Waals surface area contributed by atoms with Crippen LogP contribution in [-0.2, 0) is 11.3 Å². The molecule has 3 rings (SSSR count). The van der Waals surface area contributed by atoms with E-state index in [2.05, 4.69) is 41.8 Å². The SMILES string of the molecule is Cc1cccc(CN=C(NCC(=O)N(C)C)NC2CCOc3ccccc32)c1.I. The van der Waals surface area contributed by atoms with Crippen LogP contribution in [0, 0.1) is 6.92 Å². The van der Waals surface area contributed by atoms with Crippen molar-refractivity contribution in [1.29, 1.82) is 0 Å². The number of aryl methyl sites for hydroxylation is 1. The third-order valence-corrected chi connectivity index (χ3v) is 4.68. The van der Waals surface area contributed by atoms with Gasteiger partial charge in [-0.3, -0.25) is 4.79 Å². The quantitative estimate of drug-likeness (QED) is 0.370. The number of rotatable bonds is 5. The van der Waals surface area contributed by atoms with E-state index in [9.17, 15) is 4.79 Å². The Morgan fingerprint density at radius 1 is 1.21 bits per heavy atom. The van der Waals surface area contributed by atoms with Gasteiger partial charge >= 0.3 is 0 Å². The molecule has 1 atom stereocenters. The molecule has 0 radical (unpaired) electrons. The topological polar surface area (TPSA) is 66.0 Å². The Kier molecular flexibility index (Phi) is 8.75. The fraction of sp³-hybridized carbons (Fsp3) is 0.364. The number of carbonyl (C=O) groups is 1. The molecular weight excluding hydrogens is 479 g/mol. The summed E-state index contributed by atoms with van der Waals surface area (Å²) < 4.78 is 5.75. The standard InChI is InChI=1S/C22H28N4O2.HI/c1-16-7-6-8-17(13-16)14-23-22(24-15-21(27)26(2)3)25-19-11-12-28-20-10-5-4-9-18(19)20;/h4-10,13,19H,11-12,14-15H2,1-3H3,(H2,23,24,25);1H. The van der Waals surface area contributed by atoms with Crippen LogP contribution in [0.5, 0.6) is 5.75 Å². The van der Waals surface area contributed by atoms with E-state index in [0.717, 1.165) is 23.3 Å². The molecule has 1 heterocycles. The molecule has 0 aliphatic carbocycles. The first kappa shape index (κ1) is 23.0. The number of halogens is 1. The second kappa shape index (κ2) is 11.0. The van der Waals surface area contributed by atoms with Crippen molar-refractivity contribution in [2.24, 2.45) is 4.99 Å². The molecule has 0 aromatic heterocycles. The highest BCUT2D eigenvalue weighted by molar-refractivity contribution is 14.0. The molecule has 7 heteroatoms. The summed E-state index contributed by atoms with van der Waals surface area (Å²) >= 11 is 0. The van der Waals surface area contributed by atoms with E-state index in [0.29, 0.717) is 19.1 Å². The minimum Gasteiger partial charge on any atom is -0.493 e. The maximum absolute atomic E-state index is 12.0. The number of carbonyl (C=O) groups excluding carboxylic acids is 1. The van der Waals surface area contributed by atoms with Crippen LogP contribution in [0.3, 0.4) is 0 Å². The van der Waals surface area contributed by atoms with Crippen LogP contribution in [0.4, 0.5) is 0 Å². The molecule has 6 nitrogen and oxygen atoms in total. The van der Waals surface area contributed by atoms with Gasteiger partial charge in [0, 0.05) is 26.1 Å². The summed E-state index contributed by atoms with van der Waals surface area (Å²) in [6.07, 6.45) is 0.837. The summed E-state index contributed by atoms with van der Waals surface area (Å²) in [5.41, 5.74) is 3.45. The van der Waals surface area contributed by atoms with E-state index in [-0.39, 0.29) is 42.5 Å². The molecule has 0 bridgehead atoms. The number of hydrogen-bond donors (Lipinski definition) is 2. The zero-order chi connectivity index (χ0) is 19.9. The molecule has 2 N–H and O–H groups in total. The fourth-order valence-electron chi connectivity index (χ4n) is 3.11. The van der Waals surface area contributed by atoms with Gasteiger partial charge in [0.05, 0.1) is 25.7 Å². The molecule has 2 aromatic carbocycles. The number of fused-ring (bicyclic) bond motifs is 1. The third kappa shape index (κ3) is 6.62. The number of guanidine groups is 1. The minimum absolute atomic E-state index is 0. The molecule has 0 fully saturated rings. The first-order valence-electron chi connectivity index (χ1n) is 9.55. The van der Waals surface area contributed by atoms with Crippen LogP contribution in [0.2, 0.25) is 0 Å². The zero-order valence-corrected chi connectivity index (χ0v) is 19.5. The zero-order valence-electron chi connectivity index (χ0n) is 17.1. The van der Waals surface area contributed by atoms with Gasteiger partial charge < -0.3 is 20.3 Å². The van der Waals surface area contributed by atoms with Gasteiger partial charge in [-0.15, -0.1) is 24.0 Å². The Balaban J connectivity index is 0.00000300. The van der Waals surface area contributed by atoms with Gasteiger partial charge in [0.1, 0.15) is 5.75 Å². The van der Waals surface area contributed by atoms with Gasteiger partial charge in [0.15, 0.2) is 5.96 Å². The van der Waals surface area contributed by atoms with Gasteiger partial charge in [-0.2, -0.15) is 0 Å². The lowest BCUT2D eigenvalue weighted by Crippen LogP contribution is -2.45. The van der Waals surface area contributed by atoms with E-state index < -0.39 is 0 Å². The molecule has 0 spiro atoms. The van der Waals surface area contributed by atoms with Crippen molar-refractivity contribution in [1.82, 2.24) is 15.5 Å². The van der Waals surface area contributed by atoms with Gasteiger partial charge in [-0.25, -0.2) is 4.99 Å². The van der Waals surface area contributed by atoms with Crippen molar-refractivity contribution in [2.75, 3.05) is 27.2 Å². The Labute approximate surface area is 189 Å². The first-order valence-corrected chi connectivity index (χ1v) is 9.55. The van der Waals surface area contributed by atoms with Crippen molar-refractivity contribution in [2.45, 2.75) is 25.9 Å². The molecule has 2 aromatic rings.